The van der Waals surface area contributed by atoms with Gasteiger partial charge in [0, 0.05) is 46.9 Å². The van der Waals surface area contributed by atoms with Crippen molar-refractivity contribution in [3.63, 3.8) is 0 Å². The minimum atomic E-state index is -0.306. The maximum Gasteiger partial charge on any atom is 0.249 e. The van der Waals surface area contributed by atoms with E-state index in [1.807, 2.05) is 0 Å². The van der Waals surface area contributed by atoms with Crippen molar-refractivity contribution < 1.29 is 19.1 Å². The normalized spacial score (nSPS) is 18.3. The predicted octanol–water partition coefficient (Wildman–Crippen LogP) is 0.167. The van der Waals surface area contributed by atoms with Gasteiger partial charge in [-0.05, 0) is 19.3 Å². The Balaban J connectivity index is 2.19. The van der Waals surface area contributed by atoms with Crippen LogP contribution in [-0.4, -0.2) is 62.8 Å². The van der Waals surface area contributed by atoms with Crippen LogP contribution >= 0.6 is 0 Å². The van der Waals surface area contributed by atoms with E-state index in [4.69, 9.17) is 9.47 Å². The highest BCUT2D eigenvalue weighted by Gasteiger charge is 2.23. The van der Waals surface area contributed by atoms with Crippen LogP contribution in [0.2, 0.25) is 0 Å². The molecule has 1 N–H and O–H groups in total. The molecule has 6 nitrogen and oxygen atoms in total. The largest absolute Gasteiger partial charge is 0.385 e. The zero-order valence-corrected chi connectivity index (χ0v) is 11.8. The van der Waals surface area contributed by atoms with Crippen molar-refractivity contribution in [3.8, 4) is 0 Å². The van der Waals surface area contributed by atoms with Gasteiger partial charge in [-0.2, -0.15) is 0 Å². The SMILES string of the molecule is COCCCN(CCNC(=O)C1CCCO1)C(C)=O. The molecule has 0 aliphatic carbocycles. The number of carbonyl (C=O) groups is 2. The Morgan fingerprint density at radius 1 is 1.42 bits per heavy atom. The van der Waals surface area contributed by atoms with Gasteiger partial charge in [-0.3, -0.25) is 9.59 Å². The predicted molar refractivity (Wildman–Crippen MR) is 70.7 cm³/mol. The van der Waals surface area contributed by atoms with Crippen LogP contribution in [0.4, 0.5) is 0 Å². The molecule has 0 aromatic heterocycles. The molecule has 1 atom stereocenters. The lowest BCUT2D eigenvalue weighted by Crippen LogP contribution is -2.41. The minimum Gasteiger partial charge on any atom is -0.385 e. The van der Waals surface area contributed by atoms with Crippen molar-refractivity contribution in [3.05, 3.63) is 0 Å². The Morgan fingerprint density at radius 3 is 2.79 bits per heavy atom. The van der Waals surface area contributed by atoms with Crippen LogP contribution in [0.3, 0.4) is 0 Å². The summed E-state index contributed by atoms with van der Waals surface area (Å²) in [6.45, 7) is 4.47. The van der Waals surface area contributed by atoms with E-state index in [0.717, 1.165) is 19.3 Å². The summed E-state index contributed by atoms with van der Waals surface area (Å²) in [7, 11) is 1.64. The maximum absolute atomic E-state index is 11.7. The first-order valence-electron chi connectivity index (χ1n) is 6.79. The van der Waals surface area contributed by atoms with Gasteiger partial charge in [0.2, 0.25) is 11.8 Å². The fraction of sp³-hybridized carbons (Fsp3) is 0.846. The molecule has 1 saturated heterocycles. The molecule has 1 unspecified atom stereocenters. The van der Waals surface area contributed by atoms with E-state index >= 15 is 0 Å². The number of ether oxygens (including phenoxy) is 2. The molecule has 110 valence electrons. The Bertz CT molecular complexity index is 290. The van der Waals surface area contributed by atoms with Gasteiger partial charge in [-0.1, -0.05) is 0 Å². The molecule has 0 radical (unpaired) electrons. The molecule has 1 aliphatic heterocycles. The van der Waals surface area contributed by atoms with E-state index in [9.17, 15) is 9.59 Å². The topological polar surface area (TPSA) is 67.9 Å². The van der Waals surface area contributed by atoms with Crippen LogP contribution in [0.15, 0.2) is 0 Å². The highest BCUT2D eigenvalue weighted by Crippen LogP contribution is 2.11. The van der Waals surface area contributed by atoms with Crippen molar-refractivity contribution in [2.45, 2.75) is 32.3 Å². The maximum atomic E-state index is 11.7. The second kappa shape index (κ2) is 8.87. The molecule has 0 spiro atoms. The molecule has 1 heterocycles. The van der Waals surface area contributed by atoms with Gasteiger partial charge in [0.25, 0.3) is 0 Å². The van der Waals surface area contributed by atoms with Crippen LogP contribution in [0, 0.1) is 0 Å². The summed E-state index contributed by atoms with van der Waals surface area (Å²) in [5.41, 5.74) is 0. The Kier molecular flexibility index (Phi) is 7.43. The average Bonchev–Trinajstić information content (AvgIpc) is 2.90. The van der Waals surface area contributed by atoms with Crippen molar-refractivity contribution >= 4 is 11.8 Å². The number of nitrogens with zero attached hydrogens (tertiary/aromatic N) is 1. The van der Waals surface area contributed by atoms with E-state index < -0.39 is 0 Å². The smallest absolute Gasteiger partial charge is 0.249 e. The number of hydrogen-bond acceptors (Lipinski definition) is 4. The summed E-state index contributed by atoms with van der Waals surface area (Å²) in [5.74, 6) is -0.0552. The third kappa shape index (κ3) is 6.02. The van der Waals surface area contributed by atoms with Crippen LogP contribution in [-0.2, 0) is 19.1 Å². The van der Waals surface area contributed by atoms with Crippen LogP contribution in [0.25, 0.3) is 0 Å². The molecule has 0 bridgehead atoms. The second-order valence-electron chi connectivity index (χ2n) is 4.65. The molecular formula is C13H24N2O4. The molecule has 2 amide bonds. The standard InChI is InChI=1S/C13H24N2O4/c1-11(16)15(7-4-9-18-2)8-6-14-13(17)12-5-3-10-19-12/h12H,3-10H2,1-2H3,(H,14,17). The second-order valence-corrected chi connectivity index (χ2v) is 4.65. The number of amides is 2. The van der Waals surface area contributed by atoms with E-state index in [0.29, 0.717) is 32.8 Å². The summed E-state index contributed by atoms with van der Waals surface area (Å²) >= 11 is 0. The average molecular weight is 272 g/mol. The number of methoxy groups -OCH3 is 1. The van der Waals surface area contributed by atoms with Crippen LogP contribution < -0.4 is 5.32 Å². The zero-order valence-electron chi connectivity index (χ0n) is 11.8. The Hall–Kier alpha value is -1.14. The fourth-order valence-corrected chi connectivity index (χ4v) is 2.04. The number of nitrogens with one attached hydrogen (secondary N) is 1. The van der Waals surface area contributed by atoms with Gasteiger partial charge in [-0.25, -0.2) is 0 Å². The van der Waals surface area contributed by atoms with Crippen molar-refractivity contribution in [1.82, 2.24) is 10.2 Å². The summed E-state index contributed by atoms with van der Waals surface area (Å²) in [6.07, 6.45) is 2.22. The molecule has 19 heavy (non-hydrogen) atoms. The molecular weight excluding hydrogens is 248 g/mol. The molecule has 1 rings (SSSR count). The van der Waals surface area contributed by atoms with Gasteiger partial charge in [0.1, 0.15) is 6.10 Å². The third-order valence-electron chi connectivity index (χ3n) is 3.12. The summed E-state index contributed by atoms with van der Waals surface area (Å²) in [6, 6.07) is 0. The number of hydrogen-bond donors (Lipinski definition) is 1. The third-order valence-corrected chi connectivity index (χ3v) is 3.12. The van der Waals surface area contributed by atoms with Crippen molar-refractivity contribution in [2.24, 2.45) is 0 Å². The van der Waals surface area contributed by atoms with E-state index in [1.165, 1.54) is 6.92 Å². The fourth-order valence-electron chi connectivity index (χ4n) is 2.04. The first kappa shape index (κ1) is 15.9. The molecule has 0 saturated carbocycles. The summed E-state index contributed by atoms with van der Waals surface area (Å²) in [4.78, 5) is 24.8. The van der Waals surface area contributed by atoms with Gasteiger partial charge in [0.15, 0.2) is 0 Å². The number of carbonyl (C=O) groups excluding carboxylic acids is 2. The number of rotatable bonds is 8. The zero-order chi connectivity index (χ0) is 14.1. The monoisotopic (exact) mass is 272 g/mol. The first-order chi connectivity index (χ1) is 9.15. The Morgan fingerprint density at radius 2 is 2.21 bits per heavy atom. The first-order valence-corrected chi connectivity index (χ1v) is 6.79. The minimum absolute atomic E-state index is 0.0162. The highest BCUT2D eigenvalue weighted by atomic mass is 16.5. The highest BCUT2D eigenvalue weighted by molar-refractivity contribution is 5.81. The van der Waals surface area contributed by atoms with E-state index in [1.54, 1.807) is 12.0 Å². The molecule has 6 heteroatoms. The lowest BCUT2D eigenvalue weighted by atomic mass is 10.2. The van der Waals surface area contributed by atoms with Gasteiger partial charge < -0.3 is 19.7 Å². The van der Waals surface area contributed by atoms with E-state index in [2.05, 4.69) is 5.32 Å². The van der Waals surface area contributed by atoms with Gasteiger partial charge in [-0.15, -0.1) is 0 Å². The van der Waals surface area contributed by atoms with Crippen molar-refractivity contribution in [2.75, 3.05) is 40.0 Å². The lowest BCUT2D eigenvalue weighted by Gasteiger charge is -2.21. The Labute approximate surface area is 114 Å². The quantitative estimate of drug-likeness (QED) is 0.639. The molecule has 0 aromatic carbocycles. The molecule has 1 aliphatic rings. The van der Waals surface area contributed by atoms with Crippen LogP contribution in [0.1, 0.15) is 26.2 Å². The molecule has 1 fully saturated rings. The van der Waals surface area contributed by atoms with Crippen molar-refractivity contribution in [1.29, 1.82) is 0 Å². The van der Waals surface area contributed by atoms with Crippen LogP contribution in [0.5, 0.6) is 0 Å². The summed E-state index contributed by atoms with van der Waals surface area (Å²) in [5, 5.41) is 2.81. The van der Waals surface area contributed by atoms with Gasteiger partial charge in [0.05, 0.1) is 0 Å². The van der Waals surface area contributed by atoms with Gasteiger partial charge >= 0.3 is 0 Å². The van der Waals surface area contributed by atoms with E-state index in [-0.39, 0.29) is 17.9 Å². The lowest BCUT2D eigenvalue weighted by molar-refractivity contribution is -0.132. The molecule has 0 aromatic rings. The summed E-state index contributed by atoms with van der Waals surface area (Å²) < 4.78 is 10.2.